The van der Waals surface area contributed by atoms with Crippen LogP contribution < -0.4 is 9.64 Å². The molecule has 3 aliphatic rings. The molecule has 35 heavy (non-hydrogen) atoms. The van der Waals surface area contributed by atoms with Gasteiger partial charge in [-0.15, -0.1) is 0 Å². The Balaban J connectivity index is 0.972. The minimum absolute atomic E-state index is 0.204. The van der Waals surface area contributed by atoms with Crippen molar-refractivity contribution in [3.8, 4) is 5.75 Å². The quantitative estimate of drug-likeness (QED) is 0.404. The number of carbonyl (C=O) groups excluding carboxylic acids is 1. The number of aromatic nitrogens is 1. The van der Waals surface area contributed by atoms with E-state index in [0.29, 0.717) is 36.0 Å². The molecule has 1 amide bonds. The van der Waals surface area contributed by atoms with Crippen LogP contribution in [0.15, 0.2) is 28.8 Å². The van der Waals surface area contributed by atoms with E-state index < -0.39 is 0 Å². The number of piperidine rings is 1. The number of amides is 1. The van der Waals surface area contributed by atoms with Crippen LogP contribution in [0.25, 0.3) is 11.0 Å². The molecule has 1 fully saturated rings. The van der Waals surface area contributed by atoms with E-state index in [4.69, 9.17) is 20.9 Å². The van der Waals surface area contributed by atoms with Crippen LogP contribution in [0.4, 0.5) is 10.1 Å². The standard InChI is InChI=1S/C27H29ClFN3O3/c28-25-21-5-6-24(33)32-13-9-18(27(21)32)15-23(25)34-14-2-1-10-31-11-7-17(8-12-31)26-20-4-3-19(29)16-22(20)35-30-26/h3-4,15-17H,1-2,5-14H2. The van der Waals surface area contributed by atoms with E-state index in [2.05, 4.69) is 10.1 Å². The van der Waals surface area contributed by atoms with Crippen molar-refractivity contribution in [1.82, 2.24) is 10.1 Å². The first kappa shape index (κ1) is 22.8. The molecule has 6 nitrogen and oxygen atoms in total. The van der Waals surface area contributed by atoms with E-state index in [1.807, 2.05) is 11.0 Å². The number of nitrogens with zero attached hydrogens (tertiary/aromatic N) is 3. The van der Waals surface area contributed by atoms with Gasteiger partial charge in [0.25, 0.3) is 0 Å². The molecule has 4 heterocycles. The molecular formula is C27H29ClFN3O3. The van der Waals surface area contributed by atoms with Crippen molar-refractivity contribution in [2.24, 2.45) is 0 Å². The van der Waals surface area contributed by atoms with Crippen LogP contribution in [0.3, 0.4) is 0 Å². The number of likely N-dealkylation sites (tertiary alicyclic amines) is 1. The minimum Gasteiger partial charge on any atom is -0.492 e. The van der Waals surface area contributed by atoms with Gasteiger partial charge in [0.05, 0.1) is 23.0 Å². The Hall–Kier alpha value is -2.64. The van der Waals surface area contributed by atoms with Crippen LogP contribution in [0.2, 0.25) is 5.02 Å². The zero-order chi connectivity index (χ0) is 23.9. The summed E-state index contributed by atoms with van der Waals surface area (Å²) in [6.07, 6.45) is 6.19. The molecule has 184 valence electrons. The molecule has 0 radical (unpaired) electrons. The van der Waals surface area contributed by atoms with Gasteiger partial charge in [0.15, 0.2) is 5.58 Å². The normalized spacial score (nSPS) is 18.5. The number of hydrogen-bond donors (Lipinski definition) is 0. The number of ether oxygens (including phenoxy) is 1. The Kier molecular flexibility index (Phi) is 6.14. The summed E-state index contributed by atoms with van der Waals surface area (Å²) in [4.78, 5) is 16.5. The molecule has 0 bridgehead atoms. The highest BCUT2D eigenvalue weighted by atomic mass is 35.5. The van der Waals surface area contributed by atoms with Crippen molar-refractivity contribution < 1.29 is 18.4 Å². The molecule has 0 spiro atoms. The lowest BCUT2D eigenvalue weighted by atomic mass is 9.91. The third-order valence-electron chi connectivity index (χ3n) is 7.70. The summed E-state index contributed by atoms with van der Waals surface area (Å²) < 4.78 is 24.9. The maximum absolute atomic E-state index is 13.4. The Morgan fingerprint density at radius 2 is 1.97 bits per heavy atom. The third-order valence-corrected chi connectivity index (χ3v) is 8.12. The number of hydrogen-bond acceptors (Lipinski definition) is 5. The number of anilines is 1. The summed E-state index contributed by atoms with van der Waals surface area (Å²) in [5.74, 6) is 1.03. The van der Waals surface area contributed by atoms with Crippen LogP contribution in [-0.2, 0) is 17.6 Å². The van der Waals surface area contributed by atoms with Gasteiger partial charge in [-0.3, -0.25) is 4.79 Å². The SMILES string of the molecule is O=C1CCc2c(Cl)c(OCCCCN3CCC(c4noc5cc(F)ccc45)CC3)cc3c2N1CC3. The number of halogens is 2. The van der Waals surface area contributed by atoms with E-state index in [1.165, 1.54) is 17.7 Å². The van der Waals surface area contributed by atoms with Crippen LogP contribution in [-0.4, -0.2) is 48.7 Å². The molecule has 0 aliphatic carbocycles. The summed E-state index contributed by atoms with van der Waals surface area (Å²) >= 11 is 6.67. The van der Waals surface area contributed by atoms with E-state index in [-0.39, 0.29) is 11.7 Å². The largest absolute Gasteiger partial charge is 0.492 e. The van der Waals surface area contributed by atoms with Crippen molar-refractivity contribution in [1.29, 1.82) is 0 Å². The Morgan fingerprint density at radius 1 is 1.11 bits per heavy atom. The van der Waals surface area contributed by atoms with E-state index in [9.17, 15) is 9.18 Å². The van der Waals surface area contributed by atoms with Crippen LogP contribution in [0.5, 0.6) is 5.75 Å². The molecule has 3 aliphatic heterocycles. The number of fused-ring (bicyclic) bond motifs is 1. The van der Waals surface area contributed by atoms with Crippen molar-refractivity contribution in [2.75, 3.05) is 37.7 Å². The molecule has 0 saturated carbocycles. The first-order valence-electron chi connectivity index (χ1n) is 12.6. The van der Waals surface area contributed by atoms with Crippen molar-refractivity contribution in [3.05, 3.63) is 51.9 Å². The second-order valence-corrected chi connectivity index (χ2v) is 10.2. The van der Waals surface area contributed by atoms with Gasteiger partial charge in [-0.05, 0) is 87.5 Å². The van der Waals surface area contributed by atoms with E-state index >= 15 is 0 Å². The lowest BCUT2D eigenvalue weighted by Gasteiger charge is -2.31. The lowest BCUT2D eigenvalue weighted by Crippen LogP contribution is -2.34. The van der Waals surface area contributed by atoms with Gasteiger partial charge in [-0.1, -0.05) is 16.8 Å². The second-order valence-electron chi connectivity index (χ2n) is 9.85. The summed E-state index contributed by atoms with van der Waals surface area (Å²) in [5.41, 5.74) is 4.78. The number of benzene rings is 2. The predicted octanol–water partition coefficient (Wildman–Crippen LogP) is 5.49. The first-order valence-corrected chi connectivity index (χ1v) is 13.0. The topological polar surface area (TPSA) is 58.8 Å². The molecule has 6 rings (SSSR count). The number of carbonyl (C=O) groups is 1. The molecule has 8 heteroatoms. The maximum atomic E-state index is 13.4. The van der Waals surface area contributed by atoms with Gasteiger partial charge < -0.3 is 19.1 Å². The molecule has 1 aromatic heterocycles. The Bertz CT molecular complexity index is 1270. The van der Waals surface area contributed by atoms with E-state index in [0.717, 1.165) is 86.4 Å². The monoisotopic (exact) mass is 497 g/mol. The Labute approximate surface area is 208 Å². The third kappa shape index (κ3) is 4.29. The van der Waals surface area contributed by atoms with Crippen LogP contribution in [0, 0.1) is 5.82 Å². The van der Waals surface area contributed by atoms with Gasteiger partial charge in [-0.25, -0.2) is 4.39 Å². The molecule has 0 unspecified atom stereocenters. The highest BCUT2D eigenvalue weighted by molar-refractivity contribution is 6.33. The predicted molar refractivity (Wildman–Crippen MR) is 133 cm³/mol. The fourth-order valence-electron chi connectivity index (χ4n) is 5.83. The minimum atomic E-state index is -0.296. The molecule has 0 N–H and O–H groups in total. The summed E-state index contributed by atoms with van der Waals surface area (Å²) in [6.45, 7) is 4.48. The Morgan fingerprint density at radius 3 is 2.83 bits per heavy atom. The molecule has 1 saturated heterocycles. The zero-order valence-electron chi connectivity index (χ0n) is 19.7. The molecule has 2 aromatic carbocycles. The molecule has 0 atom stereocenters. The average Bonchev–Trinajstić information content (AvgIpc) is 3.48. The number of unbranched alkanes of at least 4 members (excludes halogenated alkanes) is 1. The molecule has 3 aromatic rings. The van der Waals surface area contributed by atoms with E-state index in [1.54, 1.807) is 6.07 Å². The summed E-state index contributed by atoms with van der Waals surface area (Å²) in [6, 6.07) is 6.69. The smallest absolute Gasteiger partial charge is 0.227 e. The maximum Gasteiger partial charge on any atom is 0.227 e. The van der Waals surface area contributed by atoms with Crippen molar-refractivity contribution >= 4 is 34.2 Å². The van der Waals surface area contributed by atoms with Crippen LogP contribution >= 0.6 is 11.6 Å². The highest BCUT2D eigenvalue weighted by Gasteiger charge is 2.34. The summed E-state index contributed by atoms with van der Waals surface area (Å²) in [5, 5.41) is 5.85. The zero-order valence-corrected chi connectivity index (χ0v) is 20.5. The fourth-order valence-corrected chi connectivity index (χ4v) is 6.12. The lowest BCUT2D eigenvalue weighted by molar-refractivity contribution is -0.118. The van der Waals surface area contributed by atoms with Crippen molar-refractivity contribution in [3.63, 3.8) is 0 Å². The summed E-state index contributed by atoms with van der Waals surface area (Å²) in [7, 11) is 0. The molecular weight excluding hydrogens is 469 g/mol. The van der Waals surface area contributed by atoms with Gasteiger partial charge >= 0.3 is 0 Å². The first-order chi connectivity index (χ1) is 17.1. The van der Waals surface area contributed by atoms with Gasteiger partial charge in [0.1, 0.15) is 11.6 Å². The van der Waals surface area contributed by atoms with Gasteiger partial charge in [0.2, 0.25) is 5.91 Å². The second kappa shape index (κ2) is 9.43. The van der Waals surface area contributed by atoms with Crippen LogP contribution in [0.1, 0.15) is 54.8 Å². The van der Waals surface area contributed by atoms with Gasteiger partial charge in [0, 0.05) is 30.3 Å². The number of rotatable bonds is 7. The fraction of sp³-hybridized carbons (Fsp3) is 0.481. The van der Waals surface area contributed by atoms with Crippen molar-refractivity contribution in [2.45, 2.75) is 50.9 Å². The highest BCUT2D eigenvalue weighted by Crippen LogP contribution is 2.45. The van der Waals surface area contributed by atoms with Gasteiger partial charge in [-0.2, -0.15) is 0 Å². The average molecular weight is 498 g/mol.